The maximum atomic E-state index is 12.1. The Labute approximate surface area is 137 Å². The summed E-state index contributed by atoms with van der Waals surface area (Å²) in [7, 11) is -3.31. The first-order valence-corrected chi connectivity index (χ1v) is 9.75. The van der Waals surface area contributed by atoms with Crippen molar-refractivity contribution < 1.29 is 17.9 Å². The molecular weight excluding hydrogens is 316 g/mol. The van der Waals surface area contributed by atoms with Crippen LogP contribution in [0.25, 0.3) is 0 Å². The van der Waals surface area contributed by atoms with Gasteiger partial charge in [0.05, 0.1) is 12.9 Å². The molecule has 1 heterocycles. The van der Waals surface area contributed by atoms with Gasteiger partial charge in [-0.1, -0.05) is 18.2 Å². The van der Waals surface area contributed by atoms with Gasteiger partial charge in [0.2, 0.25) is 15.9 Å². The smallest absolute Gasteiger partial charge is 0.238 e. The second-order valence-electron chi connectivity index (χ2n) is 5.69. The molecule has 6 nitrogen and oxygen atoms in total. The lowest BCUT2D eigenvalue weighted by atomic mass is 10.2. The van der Waals surface area contributed by atoms with Crippen molar-refractivity contribution >= 4 is 15.9 Å². The van der Waals surface area contributed by atoms with Gasteiger partial charge >= 0.3 is 0 Å². The molecule has 1 aliphatic heterocycles. The number of amides is 1. The maximum absolute atomic E-state index is 12.1. The number of hydrogen-bond acceptors (Lipinski definition) is 4. The third-order valence-corrected chi connectivity index (χ3v) is 5.10. The number of benzene rings is 1. The van der Waals surface area contributed by atoms with Crippen molar-refractivity contribution in [2.45, 2.75) is 31.7 Å². The number of carbonyl (C=O) groups excluding carboxylic acids is 1. The molecule has 0 bridgehead atoms. The largest absolute Gasteiger partial charge is 0.494 e. The van der Waals surface area contributed by atoms with Gasteiger partial charge in [0.15, 0.2) is 0 Å². The summed E-state index contributed by atoms with van der Waals surface area (Å²) in [6.45, 7) is 1.56. The van der Waals surface area contributed by atoms with Crippen LogP contribution in [0.15, 0.2) is 30.3 Å². The van der Waals surface area contributed by atoms with Gasteiger partial charge in [0, 0.05) is 13.1 Å². The average Bonchev–Trinajstić information content (AvgIpc) is 3.01. The van der Waals surface area contributed by atoms with Gasteiger partial charge in [-0.3, -0.25) is 4.79 Å². The molecule has 0 aromatic heterocycles. The number of para-hydroxylation sites is 1. The van der Waals surface area contributed by atoms with E-state index in [1.807, 2.05) is 30.3 Å². The van der Waals surface area contributed by atoms with Gasteiger partial charge in [-0.05, 0) is 37.8 Å². The number of hydrogen-bond donors (Lipinski definition) is 1. The van der Waals surface area contributed by atoms with E-state index in [0.717, 1.165) is 31.3 Å². The highest BCUT2D eigenvalue weighted by Gasteiger charge is 2.36. The Bertz CT molecular complexity index is 604. The lowest BCUT2D eigenvalue weighted by molar-refractivity contribution is -0.124. The minimum Gasteiger partial charge on any atom is -0.494 e. The third kappa shape index (κ3) is 5.51. The fourth-order valence-electron chi connectivity index (χ4n) is 2.66. The molecule has 0 radical (unpaired) electrons. The second kappa shape index (κ2) is 8.31. The number of nitrogens with one attached hydrogen (secondary N) is 1. The van der Waals surface area contributed by atoms with Gasteiger partial charge in [-0.2, -0.15) is 4.31 Å². The summed E-state index contributed by atoms with van der Waals surface area (Å²) < 4.78 is 30.1. The molecule has 1 atom stereocenters. The SMILES string of the molecule is CS(=O)(=O)N1CCC[C@H]1C(=O)NCCCCOc1ccccc1. The third-order valence-electron chi connectivity index (χ3n) is 3.81. The zero-order valence-corrected chi connectivity index (χ0v) is 14.2. The summed E-state index contributed by atoms with van der Waals surface area (Å²) in [5.74, 6) is 0.642. The van der Waals surface area contributed by atoms with E-state index in [9.17, 15) is 13.2 Å². The molecule has 0 unspecified atom stereocenters. The van der Waals surface area contributed by atoms with Crippen molar-refractivity contribution in [3.8, 4) is 5.75 Å². The van der Waals surface area contributed by atoms with E-state index >= 15 is 0 Å². The first kappa shape index (κ1) is 17.7. The van der Waals surface area contributed by atoms with E-state index in [2.05, 4.69) is 5.32 Å². The summed E-state index contributed by atoms with van der Waals surface area (Å²) >= 11 is 0. The molecule has 1 saturated heterocycles. The van der Waals surface area contributed by atoms with Crippen molar-refractivity contribution in [2.24, 2.45) is 0 Å². The Hall–Kier alpha value is -1.60. The number of carbonyl (C=O) groups is 1. The Morgan fingerprint density at radius 3 is 2.74 bits per heavy atom. The summed E-state index contributed by atoms with van der Waals surface area (Å²) in [6, 6.07) is 9.04. The molecule has 1 aromatic carbocycles. The van der Waals surface area contributed by atoms with Crippen molar-refractivity contribution in [3.63, 3.8) is 0 Å². The second-order valence-corrected chi connectivity index (χ2v) is 7.63. The van der Waals surface area contributed by atoms with E-state index in [4.69, 9.17) is 4.74 Å². The predicted octanol–water partition coefficient (Wildman–Crippen LogP) is 1.39. The first-order valence-electron chi connectivity index (χ1n) is 7.91. The van der Waals surface area contributed by atoms with Crippen LogP contribution in [0, 0.1) is 0 Å². The van der Waals surface area contributed by atoms with E-state index < -0.39 is 16.1 Å². The lowest BCUT2D eigenvalue weighted by Gasteiger charge is -2.21. The van der Waals surface area contributed by atoms with Crippen LogP contribution in [0.3, 0.4) is 0 Å². The minimum absolute atomic E-state index is 0.197. The topological polar surface area (TPSA) is 75.7 Å². The number of unbranched alkanes of at least 4 members (excludes halogenated alkanes) is 1. The summed E-state index contributed by atoms with van der Waals surface area (Å²) in [5.41, 5.74) is 0. The molecule has 23 heavy (non-hydrogen) atoms. The standard InChI is InChI=1S/C16H24N2O4S/c1-23(20,21)18-12-7-10-15(18)16(19)17-11-5-6-13-22-14-8-3-2-4-9-14/h2-4,8-9,15H,5-7,10-13H2,1H3,(H,17,19)/t15-/m0/s1. The zero-order chi connectivity index (χ0) is 16.7. The highest BCUT2D eigenvalue weighted by Crippen LogP contribution is 2.20. The molecular formula is C16H24N2O4S. The van der Waals surface area contributed by atoms with Gasteiger partial charge in [0.25, 0.3) is 0 Å². The minimum atomic E-state index is -3.31. The fourth-order valence-corrected chi connectivity index (χ4v) is 3.79. The Morgan fingerprint density at radius 2 is 2.04 bits per heavy atom. The van der Waals surface area contributed by atoms with Crippen molar-refractivity contribution in [1.82, 2.24) is 9.62 Å². The molecule has 1 N–H and O–H groups in total. The van der Waals surface area contributed by atoms with Crippen molar-refractivity contribution in [3.05, 3.63) is 30.3 Å². The van der Waals surface area contributed by atoms with E-state index in [0.29, 0.717) is 26.1 Å². The normalized spacial score (nSPS) is 18.7. The Morgan fingerprint density at radius 1 is 1.30 bits per heavy atom. The highest BCUT2D eigenvalue weighted by molar-refractivity contribution is 7.88. The Kier molecular flexibility index (Phi) is 6.41. The molecule has 2 rings (SSSR count). The number of ether oxygens (including phenoxy) is 1. The summed E-state index contributed by atoms with van der Waals surface area (Å²) in [4.78, 5) is 12.1. The van der Waals surface area contributed by atoms with Gasteiger partial charge in [-0.25, -0.2) is 8.42 Å². The molecule has 1 aromatic rings. The molecule has 1 fully saturated rings. The number of sulfonamides is 1. The maximum Gasteiger partial charge on any atom is 0.238 e. The molecule has 7 heteroatoms. The van der Waals surface area contributed by atoms with Gasteiger partial charge in [-0.15, -0.1) is 0 Å². The van der Waals surface area contributed by atoms with Crippen LogP contribution in [-0.4, -0.2) is 50.6 Å². The summed E-state index contributed by atoms with van der Waals surface area (Å²) in [6.07, 6.45) is 4.10. The molecule has 128 valence electrons. The summed E-state index contributed by atoms with van der Waals surface area (Å²) in [5, 5.41) is 2.82. The van der Waals surface area contributed by atoms with Crippen LogP contribution in [0.2, 0.25) is 0 Å². The zero-order valence-electron chi connectivity index (χ0n) is 13.4. The molecule has 1 aliphatic rings. The van der Waals surface area contributed by atoms with Crippen LogP contribution >= 0.6 is 0 Å². The predicted molar refractivity (Wildman–Crippen MR) is 88.8 cm³/mol. The van der Waals surface area contributed by atoms with Crippen LogP contribution in [-0.2, 0) is 14.8 Å². The lowest BCUT2D eigenvalue weighted by Crippen LogP contribution is -2.45. The molecule has 1 amide bonds. The highest BCUT2D eigenvalue weighted by atomic mass is 32.2. The molecule has 0 aliphatic carbocycles. The van der Waals surface area contributed by atoms with Crippen molar-refractivity contribution in [2.75, 3.05) is 26.0 Å². The van der Waals surface area contributed by atoms with Crippen LogP contribution in [0.1, 0.15) is 25.7 Å². The van der Waals surface area contributed by atoms with Gasteiger partial charge < -0.3 is 10.1 Å². The fraction of sp³-hybridized carbons (Fsp3) is 0.562. The Balaban J connectivity index is 1.63. The van der Waals surface area contributed by atoms with Gasteiger partial charge in [0.1, 0.15) is 11.8 Å². The van der Waals surface area contributed by atoms with E-state index in [1.54, 1.807) is 0 Å². The van der Waals surface area contributed by atoms with Crippen molar-refractivity contribution in [1.29, 1.82) is 0 Å². The van der Waals surface area contributed by atoms with Crippen LogP contribution in [0.4, 0.5) is 0 Å². The molecule has 0 saturated carbocycles. The van der Waals surface area contributed by atoms with Crippen LogP contribution < -0.4 is 10.1 Å². The van der Waals surface area contributed by atoms with E-state index in [-0.39, 0.29) is 5.91 Å². The first-order chi connectivity index (χ1) is 11.0. The van der Waals surface area contributed by atoms with Crippen LogP contribution in [0.5, 0.6) is 5.75 Å². The monoisotopic (exact) mass is 340 g/mol. The quantitative estimate of drug-likeness (QED) is 0.726. The number of nitrogens with zero attached hydrogens (tertiary/aromatic N) is 1. The van der Waals surface area contributed by atoms with E-state index in [1.165, 1.54) is 4.31 Å². The molecule has 0 spiro atoms. The number of rotatable bonds is 8. The average molecular weight is 340 g/mol.